The standard InChI is InChI=1S/C26H32FN5O5S/c1-20-19-25(29-22-5-3-21(27)4-6-22)30-26(28-20)31-11-13-32(14-12-31)38(33,34)24-9-7-23(8-10-24)37-18-17-36-16-15-35-2/h3-10,19H,11-18H2,1-2H3,(H,28,29,30). The lowest BCUT2D eigenvalue weighted by atomic mass is 10.3. The summed E-state index contributed by atoms with van der Waals surface area (Å²) in [6.07, 6.45) is 0. The summed E-state index contributed by atoms with van der Waals surface area (Å²) in [7, 11) is -2.04. The lowest BCUT2D eigenvalue weighted by Gasteiger charge is -2.34. The van der Waals surface area contributed by atoms with Crippen LogP contribution in [0.25, 0.3) is 0 Å². The highest BCUT2D eigenvalue weighted by Gasteiger charge is 2.29. The first-order chi connectivity index (χ1) is 18.3. The molecule has 0 atom stereocenters. The van der Waals surface area contributed by atoms with Crippen molar-refractivity contribution in [1.29, 1.82) is 0 Å². The molecule has 1 aromatic heterocycles. The molecule has 4 rings (SSSR count). The second-order valence-electron chi connectivity index (χ2n) is 8.64. The number of aryl methyl sites for hydroxylation is 1. The van der Waals surface area contributed by atoms with Gasteiger partial charge in [-0.2, -0.15) is 9.29 Å². The number of methoxy groups -OCH3 is 1. The molecule has 1 aliphatic rings. The average molecular weight is 546 g/mol. The van der Waals surface area contributed by atoms with Crippen molar-refractivity contribution in [2.24, 2.45) is 0 Å². The van der Waals surface area contributed by atoms with E-state index in [-0.39, 0.29) is 10.7 Å². The van der Waals surface area contributed by atoms with E-state index in [0.717, 1.165) is 5.69 Å². The third kappa shape index (κ3) is 7.38. The van der Waals surface area contributed by atoms with Crippen molar-refractivity contribution in [3.8, 4) is 5.75 Å². The SMILES string of the molecule is COCCOCCOc1ccc(S(=O)(=O)N2CCN(c3nc(C)cc(Nc4ccc(F)cc4)n3)CC2)cc1. The number of piperazine rings is 1. The molecule has 3 aromatic rings. The number of hydrogen-bond donors (Lipinski definition) is 1. The van der Waals surface area contributed by atoms with E-state index in [0.29, 0.717) is 75.8 Å². The van der Waals surface area contributed by atoms with Crippen molar-refractivity contribution in [1.82, 2.24) is 14.3 Å². The maximum atomic E-state index is 13.2. The van der Waals surface area contributed by atoms with Crippen LogP contribution in [-0.4, -0.2) is 82.4 Å². The van der Waals surface area contributed by atoms with Gasteiger partial charge in [-0.1, -0.05) is 0 Å². The highest BCUT2D eigenvalue weighted by atomic mass is 32.2. The second-order valence-corrected chi connectivity index (χ2v) is 10.6. The third-order valence-electron chi connectivity index (χ3n) is 5.87. The number of sulfonamides is 1. The number of aromatic nitrogens is 2. The predicted molar refractivity (Wildman–Crippen MR) is 142 cm³/mol. The van der Waals surface area contributed by atoms with Crippen molar-refractivity contribution >= 4 is 27.5 Å². The third-order valence-corrected chi connectivity index (χ3v) is 7.78. The molecule has 0 aliphatic carbocycles. The van der Waals surface area contributed by atoms with Gasteiger partial charge in [-0.05, 0) is 55.5 Å². The van der Waals surface area contributed by atoms with E-state index in [1.165, 1.54) is 16.4 Å². The summed E-state index contributed by atoms with van der Waals surface area (Å²) in [6.45, 7) is 5.16. The molecule has 0 bridgehead atoms. The van der Waals surface area contributed by atoms with Crippen LogP contribution in [0.5, 0.6) is 5.75 Å². The summed E-state index contributed by atoms with van der Waals surface area (Å²) >= 11 is 0. The minimum atomic E-state index is -3.65. The lowest BCUT2D eigenvalue weighted by Crippen LogP contribution is -2.49. The van der Waals surface area contributed by atoms with Gasteiger partial charge < -0.3 is 24.4 Å². The highest BCUT2D eigenvalue weighted by Crippen LogP contribution is 2.23. The van der Waals surface area contributed by atoms with E-state index in [1.54, 1.807) is 49.6 Å². The van der Waals surface area contributed by atoms with Crippen LogP contribution in [-0.2, 0) is 19.5 Å². The number of hydrogen-bond acceptors (Lipinski definition) is 9. The number of nitrogens with one attached hydrogen (secondary N) is 1. The summed E-state index contributed by atoms with van der Waals surface area (Å²) in [5.41, 5.74) is 1.47. The van der Waals surface area contributed by atoms with E-state index in [9.17, 15) is 12.8 Å². The molecule has 10 nitrogen and oxygen atoms in total. The molecule has 0 unspecified atom stereocenters. The smallest absolute Gasteiger partial charge is 0.243 e. The largest absolute Gasteiger partial charge is 0.491 e. The Balaban J connectivity index is 1.32. The van der Waals surface area contributed by atoms with E-state index < -0.39 is 10.0 Å². The molecule has 12 heteroatoms. The van der Waals surface area contributed by atoms with Crippen LogP contribution in [0.4, 0.5) is 21.8 Å². The van der Waals surface area contributed by atoms with Crippen LogP contribution in [0.15, 0.2) is 59.5 Å². The van der Waals surface area contributed by atoms with E-state index in [2.05, 4.69) is 15.3 Å². The van der Waals surface area contributed by atoms with Crippen molar-refractivity contribution in [2.45, 2.75) is 11.8 Å². The molecule has 0 saturated carbocycles. The van der Waals surface area contributed by atoms with Gasteiger partial charge in [-0.3, -0.25) is 0 Å². The number of nitrogens with zero attached hydrogens (tertiary/aromatic N) is 4. The lowest BCUT2D eigenvalue weighted by molar-refractivity contribution is 0.0544. The van der Waals surface area contributed by atoms with E-state index in [1.807, 2.05) is 11.8 Å². The van der Waals surface area contributed by atoms with Crippen molar-refractivity contribution in [3.05, 3.63) is 66.1 Å². The Hall–Kier alpha value is -3.32. The molecule has 0 amide bonds. The van der Waals surface area contributed by atoms with Gasteiger partial charge in [0, 0.05) is 50.7 Å². The molecular weight excluding hydrogens is 513 g/mol. The number of rotatable bonds is 12. The first kappa shape index (κ1) is 27.7. The highest BCUT2D eigenvalue weighted by molar-refractivity contribution is 7.89. The molecule has 1 aliphatic heterocycles. The molecular formula is C26H32FN5O5S. The summed E-state index contributed by atoms with van der Waals surface area (Å²) in [6, 6.07) is 14.2. The van der Waals surface area contributed by atoms with Gasteiger partial charge >= 0.3 is 0 Å². The fraction of sp³-hybridized carbons (Fsp3) is 0.385. The molecule has 204 valence electrons. The van der Waals surface area contributed by atoms with Gasteiger partial charge in [-0.15, -0.1) is 0 Å². The zero-order valence-electron chi connectivity index (χ0n) is 21.5. The summed E-state index contributed by atoms with van der Waals surface area (Å²) in [4.78, 5) is 11.3. The minimum absolute atomic E-state index is 0.215. The van der Waals surface area contributed by atoms with Crippen LogP contribution >= 0.6 is 0 Å². The van der Waals surface area contributed by atoms with Gasteiger partial charge in [0.15, 0.2) is 0 Å². The monoisotopic (exact) mass is 545 g/mol. The van der Waals surface area contributed by atoms with Crippen molar-refractivity contribution < 1.29 is 27.0 Å². The van der Waals surface area contributed by atoms with Gasteiger partial charge in [0.2, 0.25) is 16.0 Å². The van der Waals surface area contributed by atoms with Crippen LogP contribution in [0.1, 0.15) is 5.69 Å². The quantitative estimate of drug-likeness (QED) is 0.344. The molecule has 1 N–H and O–H groups in total. The fourth-order valence-electron chi connectivity index (χ4n) is 3.89. The van der Waals surface area contributed by atoms with Crippen LogP contribution in [0, 0.1) is 12.7 Å². The van der Waals surface area contributed by atoms with E-state index >= 15 is 0 Å². The molecule has 38 heavy (non-hydrogen) atoms. The normalized spacial score (nSPS) is 14.4. The predicted octanol–water partition coefficient (Wildman–Crippen LogP) is 3.22. The Labute approximate surface area is 222 Å². The van der Waals surface area contributed by atoms with E-state index in [4.69, 9.17) is 14.2 Å². The maximum absolute atomic E-state index is 13.2. The summed E-state index contributed by atoms with van der Waals surface area (Å²) in [5.74, 6) is 1.36. The summed E-state index contributed by atoms with van der Waals surface area (Å²) in [5, 5.41) is 3.16. The topological polar surface area (TPSA) is 106 Å². The average Bonchev–Trinajstić information content (AvgIpc) is 2.92. The molecule has 2 aromatic carbocycles. The van der Waals surface area contributed by atoms with Gasteiger partial charge in [0.1, 0.15) is 24.0 Å². The van der Waals surface area contributed by atoms with Crippen LogP contribution < -0.4 is 15.0 Å². The summed E-state index contributed by atoms with van der Waals surface area (Å²) < 4.78 is 57.0. The Morgan fingerprint density at radius 1 is 0.921 bits per heavy atom. The second kappa shape index (κ2) is 13.0. The Morgan fingerprint density at radius 3 is 2.29 bits per heavy atom. The molecule has 0 radical (unpaired) electrons. The molecule has 1 saturated heterocycles. The first-order valence-electron chi connectivity index (χ1n) is 12.3. The van der Waals surface area contributed by atoms with Crippen molar-refractivity contribution in [3.63, 3.8) is 0 Å². The number of benzene rings is 2. The van der Waals surface area contributed by atoms with Gasteiger partial charge in [0.05, 0.1) is 24.7 Å². The van der Waals surface area contributed by atoms with Crippen LogP contribution in [0.3, 0.4) is 0 Å². The maximum Gasteiger partial charge on any atom is 0.243 e. The Kier molecular flexibility index (Phi) is 9.45. The molecule has 2 heterocycles. The number of halogens is 1. The fourth-order valence-corrected chi connectivity index (χ4v) is 5.31. The first-order valence-corrected chi connectivity index (χ1v) is 13.7. The van der Waals surface area contributed by atoms with Crippen LogP contribution in [0.2, 0.25) is 0 Å². The number of anilines is 3. The Bertz CT molecular complexity index is 1280. The number of ether oxygens (including phenoxy) is 3. The molecule has 1 fully saturated rings. The molecule has 0 spiro atoms. The zero-order valence-corrected chi connectivity index (χ0v) is 22.3. The van der Waals surface area contributed by atoms with Gasteiger partial charge in [0.25, 0.3) is 0 Å². The Morgan fingerprint density at radius 2 is 1.61 bits per heavy atom. The van der Waals surface area contributed by atoms with Crippen molar-refractivity contribution in [2.75, 3.05) is 69.9 Å². The minimum Gasteiger partial charge on any atom is -0.491 e. The zero-order chi connectivity index (χ0) is 27.0. The van der Waals surface area contributed by atoms with Gasteiger partial charge in [-0.25, -0.2) is 17.8 Å².